The van der Waals surface area contributed by atoms with Gasteiger partial charge in [0.25, 0.3) is 0 Å². The summed E-state index contributed by atoms with van der Waals surface area (Å²) < 4.78 is 0. The number of anilines is 3. The Morgan fingerprint density at radius 2 is 0.710 bits per heavy atom. The van der Waals surface area contributed by atoms with Crippen molar-refractivity contribution < 1.29 is 0 Å². The largest absolute Gasteiger partial charge is 0.310 e. The van der Waals surface area contributed by atoms with Crippen molar-refractivity contribution in [2.75, 3.05) is 4.90 Å². The van der Waals surface area contributed by atoms with E-state index in [1.165, 1.54) is 55.9 Å². The summed E-state index contributed by atoms with van der Waals surface area (Å²) in [6.45, 7) is 0. The fourth-order valence-corrected chi connectivity index (χ4v) is 9.90. The molecule has 0 amide bonds. The third kappa shape index (κ3) is 5.67. The van der Waals surface area contributed by atoms with Gasteiger partial charge in [-0.1, -0.05) is 200 Å². The molecular weight excluding hydrogens is 751 g/mol. The lowest BCUT2D eigenvalue weighted by molar-refractivity contribution is 0.753. The van der Waals surface area contributed by atoms with Gasteiger partial charge in [0, 0.05) is 22.4 Å². The van der Waals surface area contributed by atoms with Crippen LogP contribution in [0, 0.1) is 0 Å². The number of hydrogen-bond acceptors (Lipinski definition) is 3. The Morgan fingerprint density at radius 1 is 0.290 bits per heavy atom. The fourth-order valence-electron chi connectivity index (χ4n) is 9.90. The minimum absolute atomic E-state index is 0.492. The van der Waals surface area contributed by atoms with Crippen molar-refractivity contribution in [2.24, 2.45) is 0 Å². The van der Waals surface area contributed by atoms with E-state index in [0.717, 1.165) is 44.9 Å². The van der Waals surface area contributed by atoms with Gasteiger partial charge < -0.3 is 4.90 Å². The Bertz CT molecular complexity index is 3160. The lowest BCUT2D eigenvalue weighted by Gasteiger charge is -2.45. The zero-order valence-corrected chi connectivity index (χ0v) is 33.9. The lowest BCUT2D eigenvalue weighted by atomic mass is 9.64. The summed E-state index contributed by atoms with van der Waals surface area (Å²) in [6.07, 6.45) is 0. The maximum atomic E-state index is 5.05. The van der Waals surface area contributed by atoms with E-state index in [2.05, 4.69) is 205 Å². The predicted octanol–water partition coefficient (Wildman–Crippen LogP) is 15.0. The van der Waals surface area contributed by atoms with E-state index >= 15 is 0 Å². The van der Waals surface area contributed by atoms with Gasteiger partial charge in [-0.15, -0.1) is 0 Å². The molecule has 0 fully saturated rings. The molecule has 2 aliphatic rings. The summed E-state index contributed by atoms with van der Waals surface area (Å²) in [5.74, 6) is 0.708. The van der Waals surface area contributed by atoms with Gasteiger partial charge in [0.05, 0.1) is 28.2 Å². The SMILES string of the molecule is c1ccc(-c2cc(-c3ccccc3)nc(-c3ccc(-c4ccc(-c5ccc6c(c5)C5(c7ccccc7-6)c6ccccc6N(c6ccccc6)c6ccccc65)cc4)cc3)n2)cc1. The van der Waals surface area contributed by atoms with Gasteiger partial charge in [0.15, 0.2) is 5.82 Å². The van der Waals surface area contributed by atoms with Crippen LogP contribution in [-0.2, 0) is 5.41 Å². The van der Waals surface area contributed by atoms with Crippen molar-refractivity contribution in [1.29, 1.82) is 0 Å². The topological polar surface area (TPSA) is 29.0 Å². The highest BCUT2D eigenvalue weighted by Crippen LogP contribution is 2.63. The summed E-state index contributed by atoms with van der Waals surface area (Å²) in [5.41, 5.74) is 20.5. The Balaban J connectivity index is 0.920. The number of para-hydroxylation sites is 3. The molecule has 0 bridgehead atoms. The van der Waals surface area contributed by atoms with Crippen LogP contribution in [0.25, 0.3) is 67.3 Å². The molecule has 0 radical (unpaired) electrons. The maximum absolute atomic E-state index is 5.05. The first-order chi connectivity index (χ1) is 30.7. The van der Waals surface area contributed by atoms with Crippen molar-refractivity contribution in [3.05, 3.63) is 259 Å². The van der Waals surface area contributed by atoms with Gasteiger partial charge in [-0.05, 0) is 92.0 Å². The smallest absolute Gasteiger partial charge is 0.160 e. The second kappa shape index (κ2) is 14.5. The van der Waals surface area contributed by atoms with Gasteiger partial charge in [-0.25, -0.2) is 9.97 Å². The third-order valence-corrected chi connectivity index (χ3v) is 12.7. The maximum Gasteiger partial charge on any atom is 0.160 e. The predicted molar refractivity (Wildman–Crippen MR) is 255 cm³/mol. The monoisotopic (exact) mass is 789 g/mol. The van der Waals surface area contributed by atoms with Crippen LogP contribution in [0.5, 0.6) is 0 Å². The molecule has 0 N–H and O–H groups in total. The van der Waals surface area contributed by atoms with E-state index in [4.69, 9.17) is 9.97 Å². The Hall–Kier alpha value is -8.14. The number of aromatic nitrogens is 2. The van der Waals surface area contributed by atoms with E-state index in [0.29, 0.717) is 5.82 Å². The summed E-state index contributed by atoms with van der Waals surface area (Å²) in [4.78, 5) is 12.5. The minimum atomic E-state index is -0.492. The first kappa shape index (κ1) is 35.8. The molecule has 1 aliphatic carbocycles. The molecule has 290 valence electrons. The molecule has 3 nitrogen and oxygen atoms in total. The van der Waals surface area contributed by atoms with Crippen LogP contribution in [0.1, 0.15) is 22.3 Å². The zero-order valence-electron chi connectivity index (χ0n) is 33.9. The van der Waals surface area contributed by atoms with Gasteiger partial charge in [0.1, 0.15) is 0 Å². The van der Waals surface area contributed by atoms with Gasteiger partial charge in [0.2, 0.25) is 0 Å². The average Bonchev–Trinajstić information content (AvgIpc) is 3.65. The molecule has 1 aliphatic heterocycles. The summed E-state index contributed by atoms with van der Waals surface area (Å²) in [5, 5.41) is 0. The van der Waals surface area contributed by atoms with E-state index in [-0.39, 0.29) is 0 Å². The Morgan fingerprint density at radius 3 is 1.27 bits per heavy atom. The minimum Gasteiger partial charge on any atom is -0.310 e. The molecular formula is C59H39N3. The highest BCUT2D eigenvalue weighted by atomic mass is 15.2. The van der Waals surface area contributed by atoms with Crippen LogP contribution < -0.4 is 4.90 Å². The molecule has 12 rings (SSSR count). The Kier molecular flexibility index (Phi) is 8.39. The molecule has 3 heteroatoms. The Labute approximate surface area is 361 Å². The van der Waals surface area contributed by atoms with E-state index in [1.807, 2.05) is 36.4 Å². The van der Waals surface area contributed by atoms with E-state index in [1.54, 1.807) is 0 Å². The number of rotatable bonds is 6. The highest BCUT2D eigenvalue weighted by molar-refractivity contribution is 5.96. The molecule has 0 atom stereocenters. The number of hydrogen-bond donors (Lipinski definition) is 0. The highest BCUT2D eigenvalue weighted by Gasteiger charge is 2.51. The molecule has 62 heavy (non-hydrogen) atoms. The molecule has 9 aromatic carbocycles. The zero-order chi connectivity index (χ0) is 41.0. The number of fused-ring (bicyclic) bond motifs is 9. The van der Waals surface area contributed by atoms with Gasteiger partial charge in [-0.2, -0.15) is 0 Å². The van der Waals surface area contributed by atoms with Crippen LogP contribution >= 0.6 is 0 Å². The van der Waals surface area contributed by atoms with Crippen molar-refractivity contribution >= 4 is 17.1 Å². The average molecular weight is 790 g/mol. The van der Waals surface area contributed by atoms with Crippen LogP contribution in [0.4, 0.5) is 17.1 Å². The van der Waals surface area contributed by atoms with Crippen LogP contribution in [-0.4, -0.2) is 9.97 Å². The molecule has 1 spiro atoms. The van der Waals surface area contributed by atoms with E-state index < -0.39 is 5.41 Å². The normalized spacial score (nSPS) is 12.9. The molecule has 0 saturated heterocycles. The second-order valence-corrected chi connectivity index (χ2v) is 16.1. The third-order valence-electron chi connectivity index (χ3n) is 12.7. The van der Waals surface area contributed by atoms with E-state index in [9.17, 15) is 0 Å². The number of nitrogens with zero attached hydrogens (tertiary/aromatic N) is 3. The quantitative estimate of drug-likeness (QED) is 0.168. The van der Waals surface area contributed by atoms with Crippen LogP contribution in [0.15, 0.2) is 237 Å². The molecule has 1 aromatic heterocycles. The van der Waals surface area contributed by atoms with Crippen LogP contribution in [0.2, 0.25) is 0 Å². The molecule has 0 unspecified atom stereocenters. The molecule has 0 saturated carbocycles. The van der Waals surface area contributed by atoms with Gasteiger partial charge >= 0.3 is 0 Å². The fraction of sp³-hybridized carbons (Fsp3) is 0.0169. The first-order valence-electron chi connectivity index (χ1n) is 21.2. The number of benzene rings is 9. The summed E-state index contributed by atoms with van der Waals surface area (Å²) in [6, 6.07) is 85.2. The second-order valence-electron chi connectivity index (χ2n) is 16.1. The van der Waals surface area contributed by atoms with Crippen molar-refractivity contribution in [3.63, 3.8) is 0 Å². The van der Waals surface area contributed by atoms with Crippen LogP contribution in [0.3, 0.4) is 0 Å². The van der Waals surface area contributed by atoms with Crippen molar-refractivity contribution in [3.8, 4) is 67.3 Å². The summed E-state index contributed by atoms with van der Waals surface area (Å²) >= 11 is 0. The van der Waals surface area contributed by atoms with Gasteiger partial charge in [-0.3, -0.25) is 0 Å². The first-order valence-corrected chi connectivity index (χ1v) is 21.2. The molecule has 10 aromatic rings. The van der Waals surface area contributed by atoms with Crippen molar-refractivity contribution in [1.82, 2.24) is 9.97 Å². The summed E-state index contributed by atoms with van der Waals surface area (Å²) in [7, 11) is 0. The molecule has 2 heterocycles. The van der Waals surface area contributed by atoms with Crippen molar-refractivity contribution in [2.45, 2.75) is 5.41 Å². The lowest BCUT2D eigenvalue weighted by Crippen LogP contribution is -2.36. The standard InChI is InChI=1S/C59H39N3/c1-4-16-43(17-5-1)54-39-55(44-18-6-2-7-19-44)61-58(60-54)45-34-32-41(33-35-45)40-28-30-42(31-29-40)46-36-37-49-48-22-10-11-23-50(48)59(53(49)38-46)51-24-12-14-26-56(51)62(47-20-8-3-9-21-47)57-27-15-13-25-52(57)59/h1-39H.